The SMILES string of the molecule is CCCC1CCN(c2nccc(C(=O)O)c2Cl)C1. The lowest BCUT2D eigenvalue weighted by molar-refractivity contribution is 0.0697. The maximum atomic E-state index is 11.0. The van der Waals surface area contributed by atoms with Crippen LogP contribution < -0.4 is 4.90 Å². The van der Waals surface area contributed by atoms with E-state index < -0.39 is 5.97 Å². The molecule has 1 unspecified atom stereocenters. The highest BCUT2D eigenvalue weighted by Crippen LogP contribution is 2.31. The molecule has 1 saturated heterocycles. The van der Waals surface area contributed by atoms with E-state index in [1.165, 1.54) is 25.1 Å². The molecule has 0 bridgehead atoms. The van der Waals surface area contributed by atoms with Crippen LogP contribution in [-0.2, 0) is 0 Å². The van der Waals surface area contributed by atoms with E-state index in [9.17, 15) is 4.79 Å². The molecule has 2 rings (SSSR count). The van der Waals surface area contributed by atoms with E-state index in [0.29, 0.717) is 11.7 Å². The third-order valence-corrected chi connectivity index (χ3v) is 3.76. The predicted octanol–water partition coefficient (Wildman–Crippen LogP) is 3.06. The van der Waals surface area contributed by atoms with E-state index >= 15 is 0 Å². The largest absolute Gasteiger partial charge is 0.478 e. The molecular formula is C13H17ClN2O2. The summed E-state index contributed by atoms with van der Waals surface area (Å²) >= 11 is 6.12. The zero-order valence-electron chi connectivity index (χ0n) is 10.4. The van der Waals surface area contributed by atoms with Gasteiger partial charge in [-0.2, -0.15) is 0 Å². The first-order chi connectivity index (χ1) is 8.63. The van der Waals surface area contributed by atoms with Gasteiger partial charge in [-0.1, -0.05) is 24.9 Å². The van der Waals surface area contributed by atoms with Crippen molar-refractivity contribution < 1.29 is 9.90 Å². The van der Waals surface area contributed by atoms with Gasteiger partial charge < -0.3 is 10.0 Å². The third kappa shape index (κ3) is 2.58. The van der Waals surface area contributed by atoms with Crippen molar-refractivity contribution in [1.82, 2.24) is 4.98 Å². The summed E-state index contributed by atoms with van der Waals surface area (Å²) in [6.45, 7) is 4.00. The van der Waals surface area contributed by atoms with Gasteiger partial charge in [0.1, 0.15) is 5.82 Å². The first-order valence-electron chi connectivity index (χ1n) is 6.26. The highest BCUT2D eigenvalue weighted by atomic mass is 35.5. The number of carboxylic acids is 1. The Morgan fingerprint density at radius 3 is 3.11 bits per heavy atom. The van der Waals surface area contributed by atoms with E-state index in [-0.39, 0.29) is 10.6 Å². The van der Waals surface area contributed by atoms with Gasteiger partial charge in [0.15, 0.2) is 0 Å². The standard InChI is InChI=1S/C13H17ClN2O2/c1-2-3-9-5-7-16(8-9)12-11(14)10(13(17)18)4-6-15-12/h4,6,9H,2-3,5,7-8H2,1H3,(H,17,18). The van der Waals surface area contributed by atoms with Gasteiger partial charge in [-0.15, -0.1) is 0 Å². The first kappa shape index (κ1) is 13.1. The Morgan fingerprint density at radius 1 is 1.67 bits per heavy atom. The summed E-state index contributed by atoms with van der Waals surface area (Å²) < 4.78 is 0. The van der Waals surface area contributed by atoms with Crippen molar-refractivity contribution >= 4 is 23.4 Å². The van der Waals surface area contributed by atoms with Gasteiger partial charge in [0.25, 0.3) is 0 Å². The summed E-state index contributed by atoms with van der Waals surface area (Å²) in [5.74, 6) is 0.268. The quantitative estimate of drug-likeness (QED) is 0.912. The van der Waals surface area contributed by atoms with Crippen LogP contribution in [0.25, 0.3) is 0 Å². The number of carboxylic acid groups (broad SMARTS) is 1. The summed E-state index contributed by atoms with van der Waals surface area (Å²) in [4.78, 5) is 17.3. The van der Waals surface area contributed by atoms with Crippen molar-refractivity contribution in [2.75, 3.05) is 18.0 Å². The Morgan fingerprint density at radius 2 is 2.44 bits per heavy atom. The van der Waals surface area contributed by atoms with Gasteiger partial charge in [-0.05, 0) is 24.8 Å². The number of rotatable bonds is 4. The lowest BCUT2D eigenvalue weighted by Gasteiger charge is -2.19. The molecule has 0 aliphatic carbocycles. The van der Waals surface area contributed by atoms with Crippen molar-refractivity contribution in [2.45, 2.75) is 26.2 Å². The smallest absolute Gasteiger partial charge is 0.337 e. The maximum Gasteiger partial charge on any atom is 0.337 e. The Balaban J connectivity index is 2.19. The Bertz CT molecular complexity index is 451. The topological polar surface area (TPSA) is 53.4 Å². The Hall–Kier alpha value is -1.29. The van der Waals surface area contributed by atoms with Gasteiger partial charge in [0.2, 0.25) is 0 Å². The molecule has 0 aromatic carbocycles. The summed E-state index contributed by atoms with van der Waals surface area (Å²) in [5.41, 5.74) is 0.126. The summed E-state index contributed by atoms with van der Waals surface area (Å²) in [5, 5.41) is 9.29. The molecule has 1 aromatic heterocycles. The number of hydrogen-bond acceptors (Lipinski definition) is 3. The fourth-order valence-electron chi connectivity index (χ4n) is 2.49. The zero-order valence-corrected chi connectivity index (χ0v) is 11.2. The fraction of sp³-hybridized carbons (Fsp3) is 0.538. The molecule has 4 nitrogen and oxygen atoms in total. The van der Waals surface area contributed by atoms with Gasteiger partial charge in [-0.25, -0.2) is 9.78 Å². The van der Waals surface area contributed by atoms with Crippen molar-refractivity contribution in [3.8, 4) is 0 Å². The molecule has 0 saturated carbocycles. The number of aromatic nitrogens is 1. The van der Waals surface area contributed by atoms with E-state index in [1.54, 1.807) is 0 Å². The minimum atomic E-state index is -1.01. The number of aromatic carboxylic acids is 1. The minimum absolute atomic E-state index is 0.126. The van der Waals surface area contributed by atoms with Crippen LogP contribution in [0.3, 0.4) is 0 Å². The molecule has 0 spiro atoms. The van der Waals surface area contributed by atoms with Crippen LogP contribution >= 0.6 is 11.6 Å². The molecule has 1 fully saturated rings. The lowest BCUT2D eigenvalue weighted by Crippen LogP contribution is -2.21. The average Bonchev–Trinajstić information content (AvgIpc) is 2.78. The molecule has 98 valence electrons. The minimum Gasteiger partial charge on any atom is -0.478 e. The van der Waals surface area contributed by atoms with Gasteiger partial charge >= 0.3 is 5.97 Å². The van der Waals surface area contributed by atoms with E-state index in [4.69, 9.17) is 16.7 Å². The van der Waals surface area contributed by atoms with E-state index in [2.05, 4.69) is 16.8 Å². The van der Waals surface area contributed by atoms with Crippen LogP contribution in [0, 0.1) is 5.92 Å². The second-order valence-corrected chi connectivity index (χ2v) is 5.07. The van der Waals surface area contributed by atoms with Crippen molar-refractivity contribution in [3.63, 3.8) is 0 Å². The van der Waals surface area contributed by atoms with Crippen LogP contribution in [-0.4, -0.2) is 29.1 Å². The first-order valence-corrected chi connectivity index (χ1v) is 6.64. The highest BCUT2D eigenvalue weighted by Gasteiger charge is 2.25. The molecule has 1 aromatic rings. The molecule has 1 aliphatic heterocycles. The molecule has 0 radical (unpaired) electrons. The van der Waals surface area contributed by atoms with Crippen LogP contribution in [0.1, 0.15) is 36.5 Å². The number of hydrogen-bond donors (Lipinski definition) is 1. The van der Waals surface area contributed by atoms with E-state index in [1.807, 2.05) is 0 Å². The molecule has 0 amide bonds. The molecule has 1 atom stereocenters. The third-order valence-electron chi connectivity index (χ3n) is 3.38. The number of anilines is 1. The molecule has 1 aliphatic rings. The van der Waals surface area contributed by atoms with Crippen LogP contribution in [0.2, 0.25) is 5.02 Å². The number of nitrogens with zero attached hydrogens (tertiary/aromatic N) is 2. The van der Waals surface area contributed by atoms with Crippen LogP contribution in [0.15, 0.2) is 12.3 Å². The second-order valence-electron chi connectivity index (χ2n) is 4.69. The number of halogens is 1. The molecule has 18 heavy (non-hydrogen) atoms. The molecule has 5 heteroatoms. The maximum absolute atomic E-state index is 11.0. The lowest BCUT2D eigenvalue weighted by atomic mass is 10.0. The monoisotopic (exact) mass is 268 g/mol. The second kappa shape index (κ2) is 5.57. The zero-order chi connectivity index (χ0) is 13.1. The average molecular weight is 269 g/mol. The van der Waals surface area contributed by atoms with Gasteiger partial charge in [0, 0.05) is 19.3 Å². The van der Waals surface area contributed by atoms with Crippen LogP contribution in [0.4, 0.5) is 5.82 Å². The fourth-order valence-corrected chi connectivity index (χ4v) is 2.80. The highest BCUT2D eigenvalue weighted by molar-refractivity contribution is 6.35. The van der Waals surface area contributed by atoms with Crippen LogP contribution in [0.5, 0.6) is 0 Å². The summed E-state index contributed by atoms with van der Waals surface area (Å²) in [6, 6.07) is 1.44. The number of pyridine rings is 1. The normalized spacial score (nSPS) is 19.2. The van der Waals surface area contributed by atoms with Crippen molar-refractivity contribution in [2.24, 2.45) is 5.92 Å². The Kier molecular flexibility index (Phi) is 4.07. The van der Waals surface area contributed by atoms with Gasteiger partial charge in [-0.3, -0.25) is 0 Å². The molecule has 1 N–H and O–H groups in total. The Labute approximate surface area is 112 Å². The van der Waals surface area contributed by atoms with Gasteiger partial charge in [0.05, 0.1) is 10.6 Å². The van der Waals surface area contributed by atoms with E-state index in [0.717, 1.165) is 19.5 Å². The van der Waals surface area contributed by atoms with Crippen molar-refractivity contribution in [3.05, 3.63) is 22.8 Å². The summed E-state index contributed by atoms with van der Waals surface area (Å²) in [6.07, 6.45) is 5.02. The molecule has 2 heterocycles. The summed E-state index contributed by atoms with van der Waals surface area (Å²) in [7, 11) is 0. The van der Waals surface area contributed by atoms with Crippen molar-refractivity contribution in [1.29, 1.82) is 0 Å². The number of carbonyl (C=O) groups is 1. The predicted molar refractivity (Wildman–Crippen MR) is 71.4 cm³/mol. The molecular weight excluding hydrogens is 252 g/mol.